The monoisotopic (exact) mass is 233 g/mol. The zero-order valence-electron chi connectivity index (χ0n) is 9.63. The van der Waals surface area contributed by atoms with E-state index in [1.165, 1.54) is 0 Å². The molecule has 1 aliphatic carbocycles. The van der Waals surface area contributed by atoms with E-state index in [1.54, 1.807) is 12.5 Å². The standard InChI is InChI=1S/C11H15N5O/c1-6-2-8(6)10-15-11(17-16-10)9(12)3-7-4-13-5-14-7/h4-6,8-9H,2-3,12H2,1H3,(H,13,14). The summed E-state index contributed by atoms with van der Waals surface area (Å²) in [7, 11) is 0. The summed E-state index contributed by atoms with van der Waals surface area (Å²) >= 11 is 0. The first-order chi connectivity index (χ1) is 8.24. The van der Waals surface area contributed by atoms with Crippen LogP contribution in [0.1, 0.15) is 42.7 Å². The van der Waals surface area contributed by atoms with Crippen molar-refractivity contribution in [2.45, 2.75) is 31.7 Å². The molecular formula is C11H15N5O. The van der Waals surface area contributed by atoms with Gasteiger partial charge in [0.1, 0.15) is 0 Å². The predicted molar refractivity (Wildman–Crippen MR) is 60.0 cm³/mol. The molecule has 3 N–H and O–H groups in total. The number of H-pyrrole nitrogens is 1. The molecule has 1 saturated carbocycles. The number of nitrogens with one attached hydrogen (secondary N) is 1. The predicted octanol–water partition coefficient (Wildman–Crippen LogP) is 1.16. The van der Waals surface area contributed by atoms with E-state index in [1.807, 2.05) is 0 Å². The molecule has 6 heteroatoms. The van der Waals surface area contributed by atoms with E-state index in [4.69, 9.17) is 10.3 Å². The molecule has 0 radical (unpaired) electrons. The van der Waals surface area contributed by atoms with Gasteiger partial charge in [0.05, 0.1) is 12.4 Å². The minimum Gasteiger partial charge on any atom is -0.348 e. The minimum atomic E-state index is -0.272. The third kappa shape index (κ3) is 2.08. The SMILES string of the molecule is CC1CC1c1noc(C(N)Cc2cnc[nH]2)n1. The van der Waals surface area contributed by atoms with Crippen molar-refractivity contribution in [3.63, 3.8) is 0 Å². The molecule has 1 aliphatic rings. The fourth-order valence-corrected chi connectivity index (χ4v) is 1.95. The Morgan fingerprint density at radius 3 is 3.12 bits per heavy atom. The van der Waals surface area contributed by atoms with Crippen LogP contribution >= 0.6 is 0 Å². The maximum Gasteiger partial charge on any atom is 0.243 e. The van der Waals surface area contributed by atoms with Crippen molar-refractivity contribution >= 4 is 0 Å². The second kappa shape index (κ2) is 3.96. The lowest BCUT2D eigenvalue weighted by Gasteiger charge is -2.03. The van der Waals surface area contributed by atoms with Gasteiger partial charge < -0.3 is 15.2 Å². The molecule has 0 aromatic carbocycles. The van der Waals surface area contributed by atoms with Crippen LogP contribution in [-0.2, 0) is 6.42 Å². The van der Waals surface area contributed by atoms with Crippen LogP contribution < -0.4 is 5.73 Å². The van der Waals surface area contributed by atoms with Crippen LogP contribution in [0.3, 0.4) is 0 Å². The molecule has 0 aliphatic heterocycles. The summed E-state index contributed by atoms with van der Waals surface area (Å²) in [4.78, 5) is 11.3. The first kappa shape index (κ1) is 10.5. The van der Waals surface area contributed by atoms with Gasteiger partial charge >= 0.3 is 0 Å². The first-order valence-corrected chi connectivity index (χ1v) is 5.80. The molecule has 3 unspecified atom stereocenters. The van der Waals surface area contributed by atoms with Crippen molar-refractivity contribution in [3.8, 4) is 0 Å². The van der Waals surface area contributed by atoms with Crippen molar-refractivity contribution in [3.05, 3.63) is 29.9 Å². The largest absolute Gasteiger partial charge is 0.348 e. The molecule has 1 fully saturated rings. The second-order valence-corrected chi connectivity index (χ2v) is 4.70. The van der Waals surface area contributed by atoms with E-state index in [2.05, 4.69) is 27.0 Å². The van der Waals surface area contributed by atoms with Crippen LogP contribution in [0.5, 0.6) is 0 Å². The topological polar surface area (TPSA) is 93.6 Å². The highest BCUT2D eigenvalue weighted by atomic mass is 16.5. The van der Waals surface area contributed by atoms with E-state index in [9.17, 15) is 0 Å². The van der Waals surface area contributed by atoms with E-state index >= 15 is 0 Å². The Morgan fingerprint density at radius 2 is 2.47 bits per heavy atom. The number of aromatic nitrogens is 4. The van der Waals surface area contributed by atoms with Crippen molar-refractivity contribution in [2.24, 2.45) is 11.7 Å². The second-order valence-electron chi connectivity index (χ2n) is 4.70. The van der Waals surface area contributed by atoms with Crippen LogP contribution in [0.2, 0.25) is 0 Å². The smallest absolute Gasteiger partial charge is 0.243 e. The van der Waals surface area contributed by atoms with E-state index in [0.29, 0.717) is 24.1 Å². The van der Waals surface area contributed by atoms with Crippen LogP contribution in [0.25, 0.3) is 0 Å². The molecule has 0 amide bonds. The summed E-state index contributed by atoms with van der Waals surface area (Å²) in [6, 6.07) is -0.272. The number of hydrogen-bond donors (Lipinski definition) is 2. The van der Waals surface area contributed by atoms with Crippen molar-refractivity contribution in [1.29, 1.82) is 0 Å². The average molecular weight is 233 g/mol. The quantitative estimate of drug-likeness (QED) is 0.826. The molecule has 90 valence electrons. The summed E-state index contributed by atoms with van der Waals surface area (Å²) in [5.41, 5.74) is 6.98. The fraction of sp³-hybridized carbons (Fsp3) is 0.545. The minimum absolute atomic E-state index is 0.272. The molecule has 3 atom stereocenters. The molecule has 6 nitrogen and oxygen atoms in total. The molecule has 0 saturated heterocycles. The van der Waals surface area contributed by atoms with Gasteiger partial charge in [-0.15, -0.1) is 0 Å². The highest BCUT2D eigenvalue weighted by molar-refractivity contribution is 5.09. The van der Waals surface area contributed by atoms with Crippen molar-refractivity contribution in [2.75, 3.05) is 0 Å². The van der Waals surface area contributed by atoms with Crippen molar-refractivity contribution < 1.29 is 4.52 Å². The zero-order valence-corrected chi connectivity index (χ0v) is 9.63. The lowest BCUT2D eigenvalue weighted by Crippen LogP contribution is -2.14. The molecule has 0 spiro atoms. The Morgan fingerprint density at radius 1 is 1.65 bits per heavy atom. The van der Waals surface area contributed by atoms with E-state index < -0.39 is 0 Å². The van der Waals surface area contributed by atoms with E-state index in [-0.39, 0.29) is 6.04 Å². The van der Waals surface area contributed by atoms with Gasteiger partial charge in [-0.2, -0.15) is 4.98 Å². The van der Waals surface area contributed by atoms with Gasteiger partial charge in [0, 0.05) is 24.2 Å². The molecular weight excluding hydrogens is 218 g/mol. The Kier molecular flexibility index (Phi) is 2.44. The lowest BCUT2D eigenvalue weighted by molar-refractivity contribution is 0.349. The molecule has 0 bridgehead atoms. The molecule has 2 aromatic rings. The van der Waals surface area contributed by atoms with Gasteiger partial charge in [-0.1, -0.05) is 12.1 Å². The van der Waals surface area contributed by atoms with Gasteiger partial charge in [0.15, 0.2) is 5.82 Å². The van der Waals surface area contributed by atoms with Gasteiger partial charge in [-0.05, 0) is 12.3 Å². The average Bonchev–Trinajstić information content (AvgIpc) is 2.79. The summed E-state index contributed by atoms with van der Waals surface area (Å²) in [6.07, 6.45) is 5.16. The van der Waals surface area contributed by atoms with Gasteiger partial charge in [-0.3, -0.25) is 0 Å². The Balaban J connectivity index is 1.69. The van der Waals surface area contributed by atoms with Gasteiger partial charge in [-0.25, -0.2) is 4.98 Å². The number of rotatable bonds is 4. The fourth-order valence-electron chi connectivity index (χ4n) is 1.95. The van der Waals surface area contributed by atoms with Crippen LogP contribution in [0.15, 0.2) is 17.0 Å². The Bertz CT molecular complexity index is 492. The van der Waals surface area contributed by atoms with Gasteiger partial charge in [0.2, 0.25) is 5.89 Å². The third-order valence-electron chi connectivity index (χ3n) is 3.21. The summed E-state index contributed by atoms with van der Waals surface area (Å²) in [5.74, 6) is 2.44. The van der Waals surface area contributed by atoms with Crippen LogP contribution in [-0.4, -0.2) is 20.1 Å². The molecule has 3 rings (SSSR count). The maximum atomic E-state index is 6.01. The Hall–Kier alpha value is -1.69. The summed E-state index contributed by atoms with van der Waals surface area (Å²) in [6.45, 7) is 2.19. The lowest BCUT2D eigenvalue weighted by atomic mass is 10.2. The summed E-state index contributed by atoms with van der Waals surface area (Å²) < 4.78 is 5.20. The first-order valence-electron chi connectivity index (χ1n) is 5.80. The van der Waals surface area contributed by atoms with Crippen molar-refractivity contribution in [1.82, 2.24) is 20.1 Å². The number of aromatic amines is 1. The Labute approximate surface area is 98.6 Å². The number of nitrogens with zero attached hydrogens (tertiary/aromatic N) is 3. The zero-order chi connectivity index (χ0) is 11.8. The highest BCUT2D eigenvalue weighted by Crippen LogP contribution is 2.45. The molecule has 17 heavy (non-hydrogen) atoms. The maximum absolute atomic E-state index is 6.01. The highest BCUT2D eigenvalue weighted by Gasteiger charge is 2.38. The molecule has 2 aromatic heterocycles. The third-order valence-corrected chi connectivity index (χ3v) is 3.21. The van der Waals surface area contributed by atoms with Crippen LogP contribution in [0, 0.1) is 5.92 Å². The normalized spacial score (nSPS) is 24.8. The summed E-state index contributed by atoms with van der Waals surface area (Å²) in [5, 5.41) is 3.99. The van der Waals surface area contributed by atoms with Crippen LogP contribution in [0.4, 0.5) is 0 Å². The van der Waals surface area contributed by atoms with E-state index in [0.717, 1.165) is 17.9 Å². The number of nitrogens with two attached hydrogens (primary N) is 1. The number of hydrogen-bond acceptors (Lipinski definition) is 5. The van der Waals surface area contributed by atoms with Gasteiger partial charge in [0.25, 0.3) is 0 Å². The number of imidazole rings is 1. The molecule has 2 heterocycles.